The van der Waals surface area contributed by atoms with Gasteiger partial charge in [-0.15, -0.1) is 0 Å². The number of nitrogens with two attached hydrogens (primary N) is 1. The number of nitrogens with one attached hydrogen (secondary N) is 1. The van der Waals surface area contributed by atoms with Gasteiger partial charge in [0.2, 0.25) is 11.8 Å². The van der Waals surface area contributed by atoms with E-state index in [2.05, 4.69) is 5.32 Å². The number of carbonyl (C=O) groups is 2. The molecule has 18 heavy (non-hydrogen) atoms. The summed E-state index contributed by atoms with van der Waals surface area (Å²) in [6.45, 7) is 1.57. The van der Waals surface area contributed by atoms with Crippen molar-refractivity contribution in [3.05, 3.63) is 0 Å². The van der Waals surface area contributed by atoms with Crippen LogP contribution >= 0.6 is 0 Å². The molecule has 2 amide bonds. The van der Waals surface area contributed by atoms with E-state index < -0.39 is 6.04 Å². The van der Waals surface area contributed by atoms with Gasteiger partial charge in [-0.3, -0.25) is 9.59 Å². The molecule has 0 aromatic carbocycles. The highest BCUT2D eigenvalue weighted by molar-refractivity contribution is 5.89. The zero-order valence-corrected chi connectivity index (χ0v) is 10.9. The Kier molecular flexibility index (Phi) is 4.58. The number of piperidine rings is 1. The average Bonchev–Trinajstić information content (AvgIpc) is 2.66. The molecule has 2 saturated heterocycles. The molecule has 0 saturated carbocycles. The van der Waals surface area contributed by atoms with Crippen molar-refractivity contribution in [2.45, 2.75) is 57.0 Å². The molecule has 102 valence electrons. The van der Waals surface area contributed by atoms with Crippen LogP contribution in [-0.2, 0) is 9.59 Å². The van der Waals surface area contributed by atoms with Crippen molar-refractivity contribution in [1.82, 2.24) is 10.2 Å². The minimum absolute atomic E-state index is 0.0698. The van der Waals surface area contributed by atoms with Crippen molar-refractivity contribution in [2.75, 3.05) is 13.1 Å². The third kappa shape index (κ3) is 3.02. The summed E-state index contributed by atoms with van der Waals surface area (Å²) in [7, 11) is 0. The number of carbonyl (C=O) groups excluding carboxylic acids is 2. The number of likely N-dealkylation sites (tertiary alicyclic amines) is 1. The van der Waals surface area contributed by atoms with Gasteiger partial charge in [0.25, 0.3) is 0 Å². The van der Waals surface area contributed by atoms with Crippen molar-refractivity contribution in [3.8, 4) is 0 Å². The van der Waals surface area contributed by atoms with E-state index in [0.717, 1.165) is 38.6 Å². The Hall–Kier alpha value is -1.10. The number of nitrogens with zero attached hydrogens (tertiary/aromatic N) is 1. The van der Waals surface area contributed by atoms with Crippen LogP contribution in [0.1, 0.15) is 44.9 Å². The van der Waals surface area contributed by atoms with E-state index in [1.807, 2.05) is 0 Å². The second-order valence-electron chi connectivity index (χ2n) is 5.30. The first-order chi connectivity index (χ1) is 8.70. The quantitative estimate of drug-likeness (QED) is 0.747. The lowest BCUT2D eigenvalue weighted by atomic mass is 9.99. The molecule has 0 aromatic rings. The van der Waals surface area contributed by atoms with Gasteiger partial charge < -0.3 is 16.0 Å². The number of primary amides is 1. The summed E-state index contributed by atoms with van der Waals surface area (Å²) in [5.41, 5.74) is 5.40. The summed E-state index contributed by atoms with van der Waals surface area (Å²) in [5.74, 6) is -0.294. The van der Waals surface area contributed by atoms with Crippen LogP contribution in [0.25, 0.3) is 0 Å². The predicted octanol–water partition coefficient (Wildman–Crippen LogP) is 0.385. The molecule has 0 radical (unpaired) electrons. The lowest BCUT2D eigenvalue weighted by Gasteiger charge is -2.36. The summed E-state index contributed by atoms with van der Waals surface area (Å²) in [6.07, 6.45) is 6.93. The standard InChI is InChI=1S/C13H23N3O2/c14-12(17)11-7-3-5-9-16(11)13(18)10-6-2-1-4-8-15-10/h10-11,15H,1-9H2,(H2,14,17). The van der Waals surface area contributed by atoms with E-state index in [0.29, 0.717) is 13.0 Å². The summed E-state index contributed by atoms with van der Waals surface area (Å²) in [5, 5.41) is 3.29. The van der Waals surface area contributed by atoms with Gasteiger partial charge in [-0.2, -0.15) is 0 Å². The summed E-state index contributed by atoms with van der Waals surface area (Å²) >= 11 is 0. The fraction of sp³-hybridized carbons (Fsp3) is 0.846. The molecular weight excluding hydrogens is 230 g/mol. The molecule has 0 spiro atoms. The van der Waals surface area contributed by atoms with E-state index in [1.54, 1.807) is 4.90 Å². The van der Waals surface area contributed by atoms with E-state index in [9.17, 15) is 9.59 Å². The third-order valence-corrected chi connectivity index (χ3v) is 3.97. The maximum Gasteiger partial charge on any atom is 0.240 e. The van der Waals surface area contributed by atoms with E-state index in [4.69, 9.17) is 5.73 Å². The van der Waals surface area contributed by atoms with Gasteiger partial charge in [-0.25, -0.2) is 0 Å². The zero-order chi connectivity index (χ0) is 13.0. The molecule has 2 aliphatic rings. The van der Waals surface area contributed by atoms with Crippen molar-refractivity contribution in [1.29, 1.82) is 0 Å². The molecule has 3 N–H and O–H groups in total. The normalized spacial score (nSPS) is 29.7. The number of hydrogen-bond acceptors (Lipinski definition) is 3. The van der Waals surface area contributed by atoms with Crippen molar-refractivity contribution in [2.24, 2.45) is 5.73 Å². The van der Waals surface area contributed by atoms with Crippen molar-refractivity contribution < 1.29 is 9.59 Å². The first-order valence-corrected chi connectivity index (χ1v) is 7.03. The highest BCUT2D eigenvalue weighted by atomic mass is 16.2. The van der Waals surface area contributed by atoms with Crippen LogP contribution in [0.4, 0.5) is 0 Å². The number of rotatable bonds is 2. The Morgan fingerprint density at radius 3 is 2.61 bits per heavy atom. The van der Waals surface area contributed by atoms with Gasteiger partial charge >= 0.3 is 0 Å². The number of amides is 2. The Labute approximate surface area is 108 Å². The molecule has 5 heteroatoms. The maximum atomic E-state index is 12.5. The minimum atomic E-state index is -0.392. The highest BCUT2D eigenvalue weighted by Crippen LogP contribution is 2.20. The van der Waals surface area contributed by atoms with E-state index in [1.165, 1.54) is 6.42 Å². The van der Waals surface area contributed by atoms with Gasteiger partial charge in [-0.1, -0.05) is 12.8 Å². The summed E-state index contributed by atoms with van der Waals surface area (Å²) in [6, 6.07) is -0.510. The Bertz CT molecular complexity index is 311. The fourth-order valence-corrected chi connectivity index (χ4v) is 2.93. The van der Waals surface area contributed by atoms with Gasteiger partial charge in [-0.05, 0) is 38.6 Å². The minimum Gasteiger partial charge on any atom is -0.368 e. The Morgan fingerprint density at radius 2 is 1.83 bits per heavy atom. The van der Waals surface area contributed by atoms with Crippen LogP contribution in [0.15, 0.2) is 0 Å². The Balaban J connectivity index is 2.02. The lowest BCUT2D eigenvalue weighted by Crippen LogP contribution is -2.55. The molecule has 0 aromatic heterocycles. The van der Waals surface area contributed by atoms with Crippen LogP contribution in [0.2, 0.25) is 0 Å². The third-order valence-electron chi connectivity index (χ3n) is 3.97. The van der Waals surface area contributed by atoms with Crippen LogP contribution in [-0.4, -0.2) is 41.9 Å². The van der Waals surface area contributed by atoms with Gasteiger partial charge in [0.1, 0.15) is 6.04 Å². The van der Waals surface area contributed by atoms with Crippen molar-refractivity contribution in [3.63, 3.8) is 0 Å². The van der Waals surface area contributed by atoms with E-state index in [-0.39, 0.29) is 17.9 Å². The predicted molar refractivity (Wildman–Crippen MR) is 68.8 cm³/mol. The fourth-order valence-electron chi connectivity index (χ4n) is 2.93. The van der Waals surface area contributed by atoms with Crippen LogP contribution in [0.3, 0.4) is 0 Å². The van der Waals surface area contributed by atoms with Crippen LogP contribution in [0, 0.1) is 0 Å². The van der Waals surface area contributed by atoms with Gasteiger partial charge in [0, 0.05) is 6.54 Å². The van der Waals surface area contributed by atoms with Gasteiger partial charge in [0.05, 0.1) is 6.04 Å². The molecule has 2 fully saturated rings. The molecule has 2 atom stereocenters. The molecule has 5 nitrogen and oxygen atoms in total. The molecule has 0 aliphatic carbocycles. The number of hydrogen-bond donors (Lipinski definition) is 2. The lowest BCUT2D eigenvalue weighted by molar-refractivity contribution is -0.142. The second kappa shape index (κ2) is 6.18. The maximum absolute atomic E-state index is 12.5. The SMILES string of the molecule is NC(=O)C1CCCCN1C(=O)C1CCCCCN1. The zero-order valence-electron chi connectivity index (χ0n) is 10.9. The van der Waals surface area contributed by atoms with Crippen molar-refractivity contribution >= 4 is 11.8 Å². The molecule has 2 heterocycles. The first kappa shape index (κ1) is 13.3. The average molecular weight is 253 g/mol. The van der Waals surface area contributed by atoms with Gasteiger partial charge in [0.15, 0.2) is 0 Å². The molecule has 2 aliphatic heterocycles. The molecule has 2 rings (SSSR count). The molecular formula is C13H23N3O2. The largest absolute Gasteiger partial charge is 0.368 e. The summed E-state index contributed by atoms with van der Waals surface area (Å²) < 4.78 is 0. The topological polar surface area (TPSA) is 75.4 Å². The van der Waals surface area contributed by atoms with Crippen LogP contribution in [0.5, 0.6) is 0 Å². The monoisotopic (exact) mass is 253 g/mol. The smallest absolute Gasteiger partial charge is 0.240 e. The second-order valence-corrected chi connectivity index (χ2v) is 5.30. The van der Waals surface area contributed by atoms with Crippen LogP contribution < -0.4 is 11.1 Å². The molecule has 2 unspecified atom stereocenters. The highest BCUT2D eigenvalue weighted by Gasteiger charge is 2.34. The summed E-state index contributed by atoms with van der Waals surface area (Å²) in [4.78, 5) is 25.6. The Morgan fingerprint density at radius 1 is 1.06 bits per heavy atom. The molecule has 0 bridgehead atoms. The first-order valence-electron chi connectivity index (χ1n) is 7.03. The van der Waals surface area contributed by atoms with E-state index >= 15 is 0 Å².